The van der Waals surface area contributed by atoms with Gasteiger partial charge in [-0.15, -0.1) is 0 Å². The molecule has 0 aliphatic carbocycles. The van der Waals surface area contributed by atoms with E-state index in [2.05, 4.69) is 0 Å². The standard InChI is InChI=1S/C6H12N2O/c1-5(9)6-3-2-4-8(6)7/h6H,2-4,7H2,1H3/t6-/m0/s1. The zero-order valence-corrected chi connectivity index (χ0v) is 5.63. The second-order valence-electron chi connectivity index (χ2n) is 2.51. The van der Waals surface area contributed by atoms with Crippen molar-refractivity contribution in [3.8, 4) is 0 Å². The molecule has 9 heavy (non-hydrogen) atoms. The minimum absolute atomic E-state index is 0.00463. The molecule has 1 aliphatic rings. The summed E-state index contributed by atoms with van der Waals surface area (Å²) < 4.78 is 0. The van der Waals surface area contributed by atoms with Crippen molar-refractivity contribution in [3.63, 3.8) is 0 Å². The predicted molar refractivity (Wildman–Crippen MR) is 34.6 cm³/mol. The topological polar surface area (TPSA) is 46.3 Å². The van der Waals surface area contributed by atoms with Crippen molar-refractivity contribution in [2.24, 2.45) is 5.84 Å². The number of ketones is 1. The first-order valence-corrected chi connectivity index (χ1v) is 3.23. The number of rotatable bonds is 1. The number of hydrogen-bond donors (Lipinski definition) is 1. The van der Waals surface area contributed by atoms with Gasteiger partial charge in [-0.1, -0.05) is 0 Å². The molecule has 3 heteroatoms. The fraction of sp³-hybridized carbons (Fsp3) is 0.833. The second-order valence-corrected chi connectivity index (χ2v) is 2.51. The molecule has 52 valence electrons. The first kappa shape index (κ1) is 6.71. The normalized spacial score (nSPS) is 28.9. The second kappa shape index (κ2) is 2.45. The Hall–Kier alpha value is -0.410. The molecule has 0 radical (unpaired) electrons. The third-order valence-electron chi connectivity index (χ3n) is 1.76. The Morgan fingerprint density at radius 1 is 1.78 bits per heavy atom. The molecule has 1 saturated heterocycles. The first-order valence-electron chi connectivity index (χ1n) is 3.23. The van der Waals surface area contributed by atoms with Crippen LogP contribution in [0.5, 0.6) is 0 Å². The third-order valence-corrected chi connectivity index (χ3v) is 1.76. The maximum atomic E-state index is 10.7. The van der Waals surface area contributed by atoms with Crippen molar-refractivity contribution in [1.82, 2.24) is 5.01 Å². The van der Waals surface area contributed by atoms with Crippen LogP contribution < -0.4 is 5.84 Å². The van der Waals surface area contributed by atoms with Gasteiger partial charge in [-0.3, -0.25) is 10.6 Å². The maximum absolute atomic E-state index is 10.7. The molecule has 1 rings (SSSR count). The number of carbonyl (C=O) groups is 1. The molecule has 1 aliphatic heterocycles. The molecule has 2 N–H and O–H groups in total. The predicted octanol–water partition coefficient (Wildman–Crippen LogP) is -0.0865. The van der Waals surface area contributed by atoms with Crippen molar-refractivity contribution >= 4 is 5.78 Å². The highest BCUT2D eigenvalue weighted by molar-refractivity contribution is 5.81. The molecule has 0 spiro atoms. The van der Waals surface area contributed by atoms with E-state index in [1.165, 1.54) is 0 Å². The highest BCUT2D eigenvalue weighted by atomic mass is 16.1. The van der Waals surface area contributed by atoms with Crippen LogP contribution in [0.2, 0.25) is 0 Å². The van der Waals surface area contributed by atoms with Crippen LogP contribution in [0, 0.1) is 0 Å². The number of nitrogens with zero attached hydrogens (tertiary/aromatic N) is 1. The van der Waals surface area contributed by atoms with Crippen LogP contribution in [0.4, 0.5) is 0 Å². The van der Waals surface area contributed by atoms with Gasteiger partial charge in [0.2, 0.25) is 0 Å². The Balaban J connectivity index is 2.49. The summed E-state index contributed by atoms with van der Waals surface area (Å²) in [7, 11) is 0. The van der Waals surface area contributed by atoms with Crippen LogP contribution in [0.3, 0.4) is 0 Å². The van der Waals surface area contributed by atoms with E-state index in [9.17, 15) is 4.79 Å². The Kier molecular flexibility index (Phi) is 1.83. The van der Waals surface area contributed by atoms with Gasteiger partial charge in [0.05, 0.1) is 6.04 Å². The summed E-state index contributed by atoms with van der Waals surface area (Å²) in [4.78, 5) is 10.7. The molecule has 0 unspecified atom stereocenters. The van der Waals surface area contributed by atoms with E-state index in [1.807, 2.05) is 0 Å². The molecule has 1 atom stereocenters. The van der Waals surface area contributed by atoms with Gasteiger partial charge in [0.1, 0.15) is 5.78 Å². The third kappa shape index (κ3) is 1.28. The smallest absolute Gasteiger partial charge is 0.148 e. The Labute approximate surface area is 54.8 Å². The van der Waals surface area contributed by atoms with Gasteiger partial charge in [-0.05, 0) is 19.8 Å². The van der Waals surface area contributed by atoms with Crippen molar-refractivity contribution in [2.45, 2.75) is 25.8 Å². The summed E-state index contributed by atoms with van der Waals surface area (Å²) in [6.45, 7) is 2.46. The lowest BCUT2D eigenvalue weighted by Crippen LogP contribution is -2.39. The Morgan fingerprint density at radius 2 is 2.44 bits per heavy atom. The van der Waals surface area contributed by atoms with Crippen LogP contribution in [-0.2, 0) is 4.79 Å². The van der Waals surface area contributed by atoms with E-state index in [0.29, 0.717) is 0 Å². The van der Waals surface area contributed by atoms with Gasteiger partial charge in [0.15, 0.2) is 0 Å². The molecule has 0 bridgehead atoms. The van der Waals surface area contributed by atoms with Crippen LogP contribution in [0.25, 0.3) is 0 Å². The van der Waals surface area contributed by atoms with Crippen molar-refractivity contribution in [3.05, 3.63) is 0 Å². The largest absolute Gasteiger partial charge is 0.298 e. The number of Topliss-reactive ketones (excluding diaryl/α,β-unsaturated/α-hetero) is 1. The lowest BCUT2D eigenvalue weighted by Gasteiger charge is -2.14. The van der Waals surface area contributed by atoms with Crippen molar-refractivity contribution in [1.29, 1.82) is 0 Å². The van der Waals surface area contributed by atoms with Crippen LogP contribution in [0.15, 0.2) is 0 Å². The minimum atomic E-state index is 0.00463. The van der Waals surface area contributed by atoms with Crippen LogP contribution >= 0.6 is 0 Å². The number of hydrogen-bond acceptors (Lipinski definition) is 3. The van der Waals surface area contributed by atoms with Gasteiger partial charge >= 0.3 is 0 Å². The molecular formula is C6H12N2O. The lowest BCUT2D eigenvalue weighted by molar-refractivity contribution is -0.121. The maximum Gasteiger partial charge on any atom is 0.148 e. The van der Waals surface area contributed by atoms with E-state index < -0.39 is 0 Å². The number of nitrogens with two attached hydrogens (primary N) is 1. The number of carbonyl (C=O) groups excluding carboxylic acids is 1. The van der Waals surface area contributed by atoms with Crippen molar-refractivity contribution in [2.75, 3.05) is 6.54 Å². The van der Waals surface area contributed by atoms with Gasteiger partial charge < -0.3 is 0 Å². The van der Waals surface area contributed by atoms with Crippen LogP contribution in [-0.4, -0.2) is 23.4 Å². The summed E-state index contributed by atoms with van der Waals surface area (Å²) in [5.41, 5.74) is 0. The van der Waals surface area contributed by atoms with Crippen molar-refractivity contribution < 1.29 is 4.79 Å². The van der Waals surface area contributed by atoms with Gasteiger partial charge in [0, 0.05) is 6.54 Å². The van der Waals surface area contributed by atoms with E-state index in [0.717, 1.165) is 19.4 Å². The molecule has 1 fully saturated rings. The average molecular weight is 128 g/mol. The monoisotopic (exact) mass is 128 g/mol. The molecule has 0 aromatic heterocycles. The molecule has 0 aromatic carbocycles. The highest BCUT2D eigenvalue weighted by Crippen LogP contribution is 2.12. The Morgan fingerprint density at radius 3 is 2.67 bits per heavy atom. The zero-order chi connectivity index (χ0) is 6.85. The van der Waals surface area contributed by atoms with Crippen LogP contribution in [0.1, 0.15) is 19.8 Å². The summed E-state index contributed by atoms with van der Waals surface area (Å²) in [6.07, 6.45) is 1.99. The fourth-order valence-electron chi connectivity index (χ4n) is 1.23. The summed E-state index contributed by atoms with van der Waals surface area (Å²) in [5, 5.41) is 1.63. The molecule has 3 nitrogen and oxygen atoms in total. The first-order chi connectivity index (χ1) is 4.22. The summed E-state index contributed by atoms with van der Waals surface area (Å²) in [5.74, 6) is 5.68. The summed E-state index contributed by atoms with van der Waals surface area (Å²) >= 11 is 0. The van der Waals surface area contributed by atoms with Gasteiger partial charge in [-0.2, -0.15) is 0 Å². The lowest BCUT2D eigenvalue weighted by atomic mass is 10.2. The van der Waals surface area contributed by atoms with E-state index in [4.69, 9.17) is 5.84 Å². The number of hydrazine groups is 1. The zero-order valence-electron chi connectivity index (χ0n) is 5.63. The van der Waals surface area contributed by atoms with E-state index in [-0.39, 0.29) is 11.8 Å². The molecule has 1 heterocycles. The molecule has 0 aromatic rings. The fourth-order valence-corrected chi connectivity index (χ4v) is 1.23. The quantitative estimate of drug-likeness (QED) is 0.502. The Bertz CT molecular complexity index is 124. The van der Waals surface area contributed by atoms with E-state index in [1.54, 1.807) is 11.9 Å². The molecular weight excluding hydrogens is 116 g/mol. The highest BCUT2D eigenvalue weighted by Gasteiger charge is 2.24. The average Bonchev–Trinajstić information content (AvgIpc) is 2.13. The van der Waals surface area contributed by atoms with E-state index >= 15 is 0 Å². The van der Waals surface area contributed by atoms with Gasteiger partial charge in [-0.25, -0.2) is 5.01 Å². The van der Waals surface area contributed by atoms with Gasteiger partial charge in [0.25, 0.3) is 0 Å². The SMILES string of the molecule is CC(=O)[C@@H]1CCCN1N. The summed E-state index contributed by atoms with van der Waals surface area (Å²) in [6, 6.07) is 0.00463. The molecule has 0 amide bonds. The minimum Gasteiger partial charge on any atom is -0.298 e. The molecule has 0 saturated carbocycles.